The van der Waals surface area contributed by atoms with Gasteiger partial charge in [0.1, 0.15) is 6.04 Å². The first-order valence-electron chi connectivity index (χ1n) is 7.37. The van der Waals surface area contributed by atoms with Crippen molar-refractivity contribution in [3.63, 3.8) is 0 Å². The van der Waals surface area contributed by atoms with Crippen LogP contribution in [0.15, 0.2) is 0 Å². The van der Waals surface area contributed by atoms with Crippen LogP contribution >= 0.6 is 11.8 Å². The fraction of sp³-hybridized carbons (Fsp3) is 0.857. The maximum absolute atomic E-state index is 12.4. The first-order valence-corrected chi connectivity index (χ1v) is 8.42. The minimum Gasteiger partial charge on any atom is -0.480 e. The Bertz CT molecular complexity index is 385. The largest absolute Gasteiger partial charge is 0.480 e. The fourth-order valence-electron chi connectivity index (χ4n) is 2.83. The molecule has 1 heterocycles. The van der Waals surface area contributed by atoms with E-state index in [1.54, 1.807) is 16.7 Å². The third kappa shape index (κ3) is 3.22. The van der Waals surface area contributed by atoms with Crippen molar-refractivity contribution in [1.29, 1.82) is 0 Å². The number of hydrogen-bond acceptors (Lipinski definition) is 3. The van der Waals surface area contributed by atoms with Gasteiger partial charge >= 0.3 is 12.0 Å². The summed E-state index contributed by atoms with van der Waals surface area (Å²) in [5.41, 5.74) is 0.210. The van der Waals surface area contributed by atoms with E-state index in [9.17, 15) is 14.7 Å². The molecule has 2 fully saturated rings. The minimum atomic E-state index is -0.902. The zero-order valence-corrected chi connectivity index (χ0v) is 13.0. The summed E-state index contributed by atoms with van der Waals surface area (Å²) in [6, 6.07) is -0.903. The standard InChI is InChI=1S/C14H24N2O3S/c1-3-5-11-16(10(8-20-11)12(17)18)13(19)15-9-14(2)6-4-7-14/h10-11H,3-9H2,1-2H3,(H,15,19)(H,17,18). The Labute approximate surface area is 124 Å². The van der Waals surface area contributed by atoms with Gasteiger partial charge in [0.05, 0.1) is 5.37 Å². The molecule has 0 aromatic rings. The quantitative estimate of drug-likeness (QED) is 0.818. The highest BCUT2D eigenvalue weighted by Gasteiger charge is 2.42. The summed E-state index contributed by atoms with van der Waals surface area (Å²) in [5, 5.41) is 12.2. The van der Waals surface area contributed by atoms with Crippen molar-refractivity contribution < 1.29 is 14.7 Å². The molecule has 2 unspecified atom stereocenters. The average Bonchev–Trinajstić information content (AvgIpc) is 2.78. The first kappa shape index (κ1) is 15.5. The molecule has 2 N–H and O–H groups in total. The van der Waals surface area contributed by atoms with Gasteiger partial charge in [0.15, 0.2) is 0 Å². The minimum absolute atomic E-state index is 0.00435. The molecule has 114 valence electrons. The van der Waals surface area contributed by atoms with E-state index in [1.165, 1.54) is 6.42 Å². The summed E-state index contributed by atoms with van der Waals surface area (Å²) in [4.78, 5) is 25.2. The van der Waals surface area contributed by atoms with E-state index in [-0.39, 0.29) is 16.8 Å². The summed E-state index contributed by atoms with van der Waals surface area (Å²) in [6.07, 6.45) is 5.30. The van der Waals surface area contributed by atoms with E-state index in [4.69, 9.17) is 0 Å². The van der Waals surface area contributed by atoms with Crippen LogP contribution in [0.1, 0.15) is 46.0 Å². The monoisotopic (exact) mass is 300 g/mol. The highest BCUT2D eigenvalue weighted by molar-refractivity contribution is 8.00. The lowest BCUT2D eigenvalue weighted by Gasteiger charge is -2.39. The molecule has 6 heteroatoms. The van der Waals surface area contributed by atoms with E-state index >= 15 is 0 Å². The number of hydrogen-bond donors (Lipinski definition) is 2. The number of carbonyl (C=O) groups excluding carboxylic acids is 1. The number of rotatable bonds is 5. The molecular weight excluding hydrogens is 276 g/mol. The summed E-state index contributed by atoms with van der Waals surface area (Å²) >= 11 is 1.58. The molecule has 0 spiro atoms. The Hall–Kier alpha value is -0.910. The fourth-order valence-corrected chi connectivity index (χ4v) is 4.35. The third-order valence-corrected chi connectivity index (χ3v) is 5.73. The SMILES string of the molecule is CCCC1SCC(C(=O)O)N1C(=O)NCC1(C)CCC1. The van der Waals surface area contributed by atoms with Gasteiger partial charge in [-0.3, -0.25) is 4.90 Å². The first-order chi connectivity index (χ1) is 9.47. The number of aliphatic carboxylic acids is 1. The Morgan fingerprint density at radius 2 is 2.15 bits per heavy atom. The second-order valence-electron chi connectivity index (χ2n) is 6.16. The molecule has 5 nitrogen and oxygen atoms in total. The molecule has 1 aliphatic heterocycles. The van der Waals surface area contributed by atoms with Gasteiger partial charge in [0, 0.05) is 12.3 Å². The maximum atomic E-state index is 12.4. The van der Waals surface area contributed by atoms with Crippen LogP contribution in [0, 0.1) is 5.41 Å². The molecule has 1 saturated carbocycles. The summed E-state index contributed by atoms with van der Waals surface area (Å²) in [7, 11) is 0. The van der Waals surface area contributed by atoms with Crippen molar-refractivity contribution in [3.05, 3.63) is 0 Å². The van der Waals surface area contributed by atoms with E-state index in [0.717, 1.165) is 25.7 Å². The predicted molar refractivity (Wildman–Crippen MR) is 79.8 cm³/mol. The van der Waals surface area contributed by atoms with Gasteiger partial charge < -0.3 is 10.4 Å². The Morgan fingerprint density at radius 3 is 2.65 bits per heavy atom. The predicted octanol–water partition coefficient (Wildman–Crippen LogP) is 2.51. The van der Waals surface area contributed by atoms with Crippen LogP contribution in [0.4, 0.5) is 4.79 Å². The van der Waals surface area contributed by atoms with Crippen LogP contribution in [0.5, 0.6) is 0 Å². The number of carboxylic acid groups (broad SMARTS) is 1. The summed E-state index contributed by atoms with van der Waals surface area (Å²) in [6.45, 7) is 4.88. The lowest BCUT2D eigenvalue weighted by Crippen LogP contribution is -2.52. The van der Waals surface area contributed by atoms with E-state index in [1.807, 2.05) is 0 Å². The Balaban J connectivity index is 1.97. The highest BCUT2D eigenvalue weighted by Crippen LogP contribution is 2.39. The molecule has 2 atom stereocenters. The molecule has 0 radical (unpaired) electrons. The average molecular weight is 300 g/mol. The molecule has 2 amide bonds. The second kappa shape index (κ2) is 6.24. The zero-order valence-electron chi connectivity index (χ0n) is 12.2. The van der Waals surface area contributed by atoms with Crippen LogP contribution in [0.25, 0.3) is 0 Å². The lowest BCUT2D eigenvalue weighted by molar-refractivity contribution is -0.141. The third-order valence-electron chi connectivity index (χ3n) is 4.37. The Morgan fingerprint density at radius 1 is 1.45 bits per heavy atom. The van der Waals surface area contributed by atoms with Crippen molar-refractivity contribution in [2.24, 2.45) is 5.41 Å². The molecular formula is C14H24N2O3S. The second-order valence-corrected chi connectivity index (χ2v) is 7.37. The highest BCUT2D eigenvalue weighted by atomic mass is 32.2. The molecule has 1 saturated heterocycles. The zero-order chi connectivity index (χ0) is 14.8. The van der Waals surface area contributed by atoms with Crippen LogP contribution in [0.3, 0.4) is 0 Å². The van der Waals surface area contributed by atoms with Gasteiger partial charge in [-0.15, -0.1) is 11.8 Å². The molecule has 1 aliphatic carbocycles. The van der Waals surface area contributed by atoms with Crippen molar-refractivity contribution >= 4 is 23.8 Å². The number of nitrogens with one attached hydrogen (secondary N) is 1. The molecule has 0 aromatic carbocycles. The summed E-state index contributed by atoms with van der Waals surface area (Å²) < 4.78 is 0. The number of carbonyl (C=O) groups is 2. The van der Waals surface area contributed by atoms with Crippen molar-refractivity contribution in [3.8, 4) is 0 Å². The Kier molecular flexibility index (Phi) is 4.83. The molecule has 20 heavy (non-hydrogen) atoms. The molecule has 2 rings (SSSR count). The molecule has 2 aliphatic rings. The van der Waals surface area contributed by atoms with Crippen LogP contribution in [-0.4, -0.2) is 45.7 Å². The van der Waals surface area contributed by atoms with Gasteiger partial charge in [-0.2, -0.15) is 0 Å². The van der Waals surface area contributed by atoms with Gasteiger partial charge in [0.2, 0.25) is 0 Å². The van der Waals surface area contributed by atoms with Crippen LogP contribution in [-0.2, 0) is 4.79 Å². The van der Waals surface area contributed by atoms with Crippen LogP contribution in [0.2, 0.25) is 0 Å². The van der Waals surface area contributed by atoms with Crippen molar-refractivity contribution in [1.82, 2.24) is 10.2 Å². The number of amides is 2. The number of nitrogens with zero attached hydrogens (tertiary/aromatic N) is 1. The number of urea groups is 1. The smallest absolute Gasteiger partial charge is 0.327 e. The molecule has 0 bridgehead atoms. The van der Waals surface area contributed by atoms with Gasteiger partial charge in [-0.05, 0) is 24.7 Å². The van der Waals surface area contributed by atoms with Crippen molar-refractivity contribution in [2.75, 3.05) is 12.3 Å². The molecule has 0 aromatic heterocycles. The number of carboxylic acids is 1. The normalized spacial score (nSPS) is 28.0. The van der Waals surface area contributed by atoms with E-state index in [0.29, 0.717) is 12.3 Å². The van der Waals surface area contributed by atoms with Gasteiger partial charge in [-0.1, -0.05) is 26.7 Å². The summed E-state index contributed by atoms with van der Waals surface area (Å²) in [5.74, 6) is -0.411. The van der Waals surface area contributed by atoms with Gasteiger partial charge in [0.25, 0.3) is 0 Å². The van der Waals surface area contributed by atoms with E-state index < -0.39 is 12.0 Å². The number of thioether (sulfide) groups is 1. The van der Waals surface area contributed by atoms with Crippen LogP contribution < -0.4 is 5.32 Å². The van der Waals surface area contributed by atoms with Gasteiger partial charge in [-0.25, -0.2) is 9.59 Å². The lowest BCUT2D eigenvalue weighted by atomic mass is 9.70. The topological polar surface area (TPSA) is 69.6 Å². The van der Waals surface area contributed by atoms with E-state index in [2.05, 4.69) is 19.2 Å². The maximum Gasteiger partial charge on any atom is 0.327 e. The van der Waals surface area contributed by atoms with Crippen molar-refractivity contribution in [2.45, 2.75) is 57.4 Å².